The van der Waals surface area contributed by atoms with Crippen LogP contribution >= 0.6 is 12.4 Å². The second-order valence-electron chi connectivity index (χ2n) is 5.96. The smallest absolute Gasteiger partial charge is 0.239 e. The molecule has 5 nitrogen and oxygen atoms in total. The summed E-state index contributed by atoms with van der Waals surface area (Å²) in [5.74, 6) is -0.442. The molecule has 0 saturated carbocycles. The first kappa shape index (κ1) is 21.4. The van der Waals surface area contributed by atoms with Crippen molar-refractivity contribution in [1.82, 2.24) is 10.6 Å². The first-order valence-electron chi connectivity index (χ1n) is 7.68. The third kappa shape index (κ3) is 7.01. The molecule has 2 amide bonds. The summed E-state index contributed by atoms with van der Waals surface area (Å²) in [6.45, 7) is 8.39. The van der Waals surface area contributed by atoms with Gasteiger partial charge >= 0.3 is 0 Å². The third-order valence-corrected chi connectivity index (χ3v) is 3.79. The topological polar surface area (TPSA) is 84.2 Å². The number of hydrogen-bond donors (Lipinski definition) is 3. The predicted octanol–water partition coefficient (Wildman–Crippen LogP) is 1.48. The van der Waals surface area contributed by atoms with E-state index in [2.05, 4.69) is 36.6 Å². The Hall–Kier alpha value is -1.59. The van der Waals surface area contributed by atoms with Gasteiger partial charge in [0.05, 0.1) is 12.6 Å². The maximum atomic E-state index is 11.7. The van der Waals surface area contributed by atoms with Crippen LogP contribution in [0.1, 0.15) is 30.5 Å². The molecule has 1 atom stereocenters. The highest BCUT2D eigenvalue weighted by Gasteiger charge is 2.17. The molecule has 0 saturated heterocycles. The van der Waals surface area contributed by atoms with Crippen LogP contribution in [0.5, 0.6) is 0 Å². The van der Waals surface area contributed by atoms with Crippen molar-refractivity contribution < 1.29 is 9.59 Å². The molecular weight excluding hydrogens is 314 g/mol. The van der Waals surface area contributed by atoms with Crippen molar-refractivity contribution in [3.8, 4) is 0 Å². The molecule has 0 unspecified atom stereocenters. The minimum absolute atomic E-state index is 0. The molecule has 0 spiro atoms. The van der Waals surface area contributed by atoms with Gasteiger partial charge in [-0.3, -0.25) is 9.59 Å². The van der Waals surface area contributed by atoms with Crippen molar-refractivity contribution in [3.63, 3.8) is 0 Å². The van der Waals surface area contributed by atoms with Crippen LogP contribution in [0.25, 0.3) is 0 Å². The lowest BCUT2D eigenvalue weighted by molar-refractivity contribution is -0.127. The predicted molar refractivity (Wildman–Crippen MR) is 95.7 cm³/mol. The summed E-state index contributed by atoms with van der Waals surface area (Å²) in [5.41, 5.74) is 9.42. The summed E-state index contributed by atoms with van der Waals surface area (Å²) in [6.07, 6.45) is 0.781. The molecule has 0 radical (unpaired) electrons. The molecule has 6 heteroatoms. The average Bonchev–Trinajstić information content (AvgIpc) is 2.46. The Morgan fingerprint density at radius 1 is 1.13 bits per heavy atom. The number of hydrogen-bond acceptors (Lipinski definition) is 3. The second-order valence-corrected chi connectivity index (χ2v) is 5.96. The fourth-order valence-corrected chi connectivity index (χ4v) is 2.22. The van der Waals surface area contributed by atoms with Gasteiger partial charge in [0.15, 0.2) is 0 Å². The summed E-state index contributed by atoms with van der Waals surface area (Å²) < 4.78 is 0. The van der Waals surface area contributed by atoms with Gasteiger partial charge in [-0.15, -0.1) is 12.4 Å². The Kier molecular flexibility index (Phi) is 9.53. The fourth-order valence-electron chi connectivity index (χ4n) is 2.22. The Morgan fingerprint density at radius 3 is 2.22 bits per heavy atom. The molecule has 0 aliphatic carbocycles. The summed E-state index contributed by atoms with van der Waals surface area (Å²) in [7, 11) is 0. The first-order chi connectivity index (χ1) is 10.3. The Bertz CT molecular complexity index is 512. The van der Waals surface area contributed by atoms with Gasteiger partial charge in [-0.05, 0) is 42.9 Å². The average molecular weight is 342 g/mol. The van der Waals surface area contributed by atoms with Gasteiger partial charge in [0.1, 0.15) is 0 Å². The third-order valence-electron chi connectivity index (χ3n) is 3.79. The minimum Gasteiger partial charge on any atom is -0.354 e. The lowest BCUT2D eigenvalue weighted by atomic mass is 10.0. The molecule has 1 aromatic rings. The molecule has 0 aromatic heterocycles. The maximum absolute atomic E-state index is 11.7. The minimum atomic E-state index is -0.581. The number of aryl methyl sites for hydroxylation is 2. The number of carbonyl (C=O) groups is 2. The van der Waals surface area contributed by atoms with Gasteiger partial charge in [0.2, 0.25) is 11.8 Å². The number of amides is 2. The molecule has 0 bridgehead atoms. The highest BCUT2D eigenvalue weighted by Crippen LogP contribution is 2.13. The van der Waals surface area contributed by atoms with Crippen molar-refractivity contribution in [2.24, 2.45) is 11.7 Å². The van der Waals surface area contributed by atoms with Crippen molar-refractivity contribution in [2.45, 2.75) is 40.2 Å². The van der Waals surface area contributed by atoms with Crippen LogP contribution < -0.4 is 16.4 Å². The van der Waals surface area contributed by atoms with E-state index in [1.54, 1.807) is 0 Å². The van der Waals surface area contributed by atoms with Crippen LogP contribution in [0.3, 0.4) is 0 Å². The summed E-state index contributed by atoms with van der Waals surface area (Å²) in [5, 5.41) is 5.37. The van der Waals surface area contributed by atoms with Gasteiger partial charge < -0.3 is 16.4 Å². The summed E-state index contributed by atoms with van der Waals surface area (Å²) >= 11 is 0. The Labute approximate surface area is 144 Å². The second kappa shape index (κ2) is 10.2. The quantitative estimate of drug-likeness (QED) is 0.702. The van der Waals surface area contributed by atoms with E-state index in [0.29, 0.717) is 6.54 Å². The van der Waals surface area contributed by atoms with E-state index in [1.165, 1.54) is 16.7 Å². The number of halogens is 1. The molecule has 0 aliphatic rings. The normalized spacial score (nSPS) is 11.6. The summed E-state index contributed by atoms with van der Waals surface area (Å²) in [6, 6.07) is 5.58. The van der Waals surface area contributed by atoms with Crippen LogP contribution in [0.2, 0.25) is 0 Å². The molecule has 1 rings (SSSR count). The molecule has 0 fully saturated rings. The molecule has 0 heterocycles. The van der Waals surface area contributed by atoms with Crippen molar-refractivity contribution >= 4 is 24.2 Å². The fraction of sp³-hybridized carbons (Fsp3) is 0.529. The highest BCUT2D eigenvalue weighted by molar-refractivity contribution is 5.87. The van der Waals surface area contributed by atoms with Crippen LogP contribution in [-0.4, -0.2) is 30.9 Å². The van der Waals surface area contributed by atoms with Crippen LogP contribution in [0.15, 0.2) is 18.2 Å². The standard InChI is InChI=1S/C17H27N3O2.ClH/c1-11(2)16(18)17(22)20-10-15(21)19-9-8-14-12(3)6-5-7-13(14)4;/h5-7,11,16H,8-10,18H2,1-4H3,(H,19,21)(H,20,22);1H/t16-;/m0./s1. The van der Waals surface area contributed by atoms with E-state index < -0.39 is 6.04 Å². The molecule has 0 aliphatic heterocycles. The van der Waals surface area contributed by atoms with Gasteiger partial charge in [0.25, 0.3) is 0 Å². The Morgan fingerprint density at radius 2 is 1.70 bits per heavy atom. The number of carbonyl (C=O) groups excluding carboxylic acids is 2. The zero-order chi connectivity index (χ0) is 16.7. The van der Waals surface area contributed by atoms with Crippen molar-refractivity contribution in [2.75, 3.05) is 13.1 Å². The zero-order valence-electron chi connectivity index (χ0n) is 14.3. The van der Waals surface area contributed by atoms with Crippen molar-refractivity contribution in [3.05, 3.63) is 34.9 Å². The number of nitrogens with one attached hydrogen (secondary N) is 2. The van der Waals surface area contributed by atoms with E-state index in [4.69, 9.17) is 5.73 Å². The van der Waals surface area contributed by atoms with E-state index in [9.17, 15) is 9.59 Å². The van der Waals surface area contributed by atoms with Gasteiger partial charge in [-0.25, -0.2) is 0 Å². The Balaban J connectivity index is 0.00000484. The SMILES string of the molecule is Cc1cccc(C)c1CCNC(=O)CNC(=O)[C@@H](N)C(C)C.Cl. The molecule has 4 N–H and O–H groups in total. The molecular formula is C17H28ClN3O2. The lowest BCUT2D eigenvalue weighted by Gasteiger charge is -2.15. The number of rotatable bonds is 7. The van der Waals surface area contributed by atoms with Crippen LogP contribution in [0, 0.1) is 19.8 Å². The maximum Gasteiger partial charge on any atom is 0.239 e. The zero-order valence-corrected chi connectivity index (χ0v) is 15.1. The monoisotopic (exact) mass is 341 g/mol. The van der Waals surface area contributed by atoms with Gasteiger partial charge in [-0.1, -0.05) is 32.0 Å². The number of nitrogens with two attached hydrogens (primary N) is 1. The van der Waals surface area contributed by atoms with Crippen LogP contribution in [0.4, 0.5) is 0 Å². The molecule has 23 heavy (non-hydrogen) atoms. The largest absolute Gasteiger partial charge is 0.354 e. The molecule has 130 valence electrons. The lowest BCUT2D eigenvalue weighted by Crippen LogP contribution is -2.47. The first-order valence-corrected chi connectivity index (χ1v) is 7.68. The number of benzene rings is 1. The van der Waals surface area contributed by atoms with Crippen LogP contribution in [-0.2, 0) is 16.0 Å². The van der Waals surface area contributed by atoms with E-state index in [-0.39, 0.29) is 36.7 Å². The van der Waals surface area contributed by atoms with E-state index in [1.807, 2.05) is 19.9 Å². The molecule has 1 aromatic carbocycles. The summed E-state index contributed by atoms with van der Waals surface area (Å²) in [4.78, 5) is 23.4. The van der Waals surface area contributed by atoms with E-state index in [0.717, 1.165) is 6.42 Å². The highest BCUT2D eigenvalue weighted by atomic mass is 35.5. The van der Waals surface area contributed by atoms with E-state index >= 15 is 0 Å². The van der Waals surface area contributed by atoms with Crippen molar-refractivity contribution in [1.29, 1.82) is 0 Å². The van der Waals surface area contributed by atoms with Gasteiger partial charge in [-0.2, -0.15) is 0 Å². The van der Waals surface area contributed by atoms with Gasteiger partial charge in [0, 0.05) is 6.54 Å².